The molecule has 4 nitrogen and oxygen atoms in total. The number of aryl methyl sites for hydroxylation is 1. The summed E-state index contributed by atoms with van der Waals surface area (Å²) >= 11 is 1.50. The number of carbonyl (C=O) groups excluding carboxylic acids is 1. The molecule has 0 radical (unpaired) electrons. The van der Waals surface area contributed by atoms with Crippen LogP contribution in [0.1, 0.15) is 18.1 Å². The lowest BCUT2D eigenvalue weighted by atomic mass is 10.1. The van der Waals surface area contributed by atoms with Crippen molar-refractivity contribution in [1.82, 2.24) is 4.90 Å². The lowest BCUT2D eigenvalue weighted by Gasteiger charge is -2.37. The van der Waals surface area contributed by atoms with Crippen molar-refractivity contribution in [3.8, 4) is 0 Å². The molecule has 2 aliphatic heterocycles. The van der Waals surface area contributed by atoms with Gasteiger partial charge in [-0.1, -0.05) is 67.6 Å². The first-order valence-electron chi connectivity index (χ1n) is 10.8. The van der Waals surface area contributed by atoms with Crippen LogP contribution in [0.4, 0.5) is 5.69 Å². The molecular weight excluding hydrogens is 402 g/mol. The molecule has 5 heteroatoms. The predicted molar refractivity (Wildman–Crippen MR) is 132 cm³/mol. The number of hydrogen-bond donors (Lipinski definition) is 0. The Morgan fingerprint density at radius 3 is 2.39 bits per heavy atom. The van der Waals surface area contributed by atoms with E-state index in [-0.39, 0.29) is 5.91 Å². The summed E-state index contributed by atoms with van der Waals surface area (Å²) in [4.78, 5) is 22.2. The Labute approximate surface area is 187 Å². The van der Waals surface area contributed by atoms with Gasteiger partial charge in [-0.15, -0.1) is 0 Å². The average Bonchev–Trinajstić information content (AvgIpc) is 3.19. The highest BCUT2D eigenvalue weighted by atomic mass is 32.2. The molecule has 0 bridgehead atoms. The Morgan fingerprint density at radius 1 is 0.903 bits per heavy atom. The molecule has 31 heavy (non-hydrogen) atoms. The van der Waals surface area contributed by atoms with Crippen LogP contribution in [-0.4, -0.2) is 42.2 Å². The van der Waals surface area contributed by atoms with Crippen molar-refractivity contribution < 1.29 is 4.79 Å². The van der Waals surface area contributed by atoms with Gasteiger partial charge in [-0.2, -0.15) is 4.99 Å². The van der Waals surface area contributed by atoms with Gasteiger partial charge in [0, 0.05) is 37.3 Å². The molecule has 3 aromatic carbocycles. The third kappa shape index (κ3) is 4.10. The zero-order valence-electron chi connectivity index (χ0n) is 17.6. The topological polar surface area (TPSA) is 35.9 Å². The number of carbonyl (C=O) groups is 1. The molecule has 3 aromatic rings. The van der Waals surface area contributed by atoms with Gasteiger partial charge < -0.3 is 9.80 Å². The maximum absolute atomic E-state index is 12.5. The summed E-state index contributed by atoms with van der Waals surface area (Å²) in [6, 6.07) is 23.4. The quantitative estimate of drug-likeness (QED) is 0.539. The second kappa shape index (κ2) is 8.60. The van der Waals surface area contributed by atoms with Crippen molar-refractivity contribution >= 4 is 45.4 Å². The molecule has 1 amide bonds. The molecule has 0 spiro atoms. The van der Waals surface area contributed by atoms with Gasteiger partial charge in [0.1, 0.15) is 0 Å². The van der Waals surface area contributed by atoms with Crippen LogP contribution in [0, 0.1) is 0 Å². The predicted octanol–water partition coefficient (Wildman–Crippen LogP) is 5.19. The zero-order chi connectivity index (χ0) is 21.2. The third-order valence-corrected chi connectivity index (χ3v) is 7.00. The number of nitrogens with zero attached hydrogens (tertiary/aromatic N) is 3. The van der Waals surface area contributed by atoms with Gasteiger partial charge in [0.15, 0.2) is 5.17 Å². The minimum Gasteiger partial charge on any atom is -0.367 e. The molecular formula is C26H25N3OS. The number of benzene rings is 3. The van der Waals surface area contributed by atoms with E-state index in [9.17, 15) is 4.79 Å². The van der Waals surface area contributed by atoms with Gasteiger partial charge in [0.2, 0.25) is 0 Å². The zero-order valence-corrected chi connectivity index (χ0v) is 18.4. The Balaban J connectivity index is 1.26. The third-order valence-electron chi connectivity index (χ3n) is 5.95. The van der Waals surface area contributed by atoms with Crippen LogP contribution in [0.25, 0.3) is 16.8 Å². The molecule has 1 saturated heterocycles. The number of rotatable bonds is 3. The lowest BCUT2D eigenvalue weighted by Crippen LogP contribution is -2.47. The summed E-state index contributed by atoms with van der Waals surface area (Å²) in [6.07, 6.45) is 2.97. The van der Waals surface area contributed by atoms with E-state index in [1.54, 1.807) is 0 Å². The second-order valence-electron chi connectivity index (χ2n) is 7.88. The van der Waals surface area contributed by atoms with Gasteiger partial charge in [-0.25, -0.2) is 0 Å². The number of amides is 1. The molecule has 0 saturated carbocycles. The molecule has 5 rings (SSSR count). The van der Waals surface area contributed by atoms with Crippen LogP contribution < -0.4 is 4.90 Å². The van der Waals surface area contributed by atoms with Crippen molar-refractivity contribution in [3.63, 3.8) is 0 Å². The van der Waals surface area contributed by atoms with Crippen molar-refractivity contribution in [3.05, 3.63) is 82.8 Å². The van der Waals surface area contributed by atoms with Gasteiger partial charge >= 0.3 is 0 Å². The molecule has 0 aromatic heterocycles. The maximum atomic E-state index is 12.5. The number of amidine groups is 1. The van der Waals surface area contributed by atoms with Crippen LogP contribution >= 0.6 is 11.8 Å². The minimum atomic E-state index is -0.129. The number of fused-ring (bicyclic) bond motifs is 1. The molecule has 0 N–H and O–H groups in total. The first-order valence-corrected chi connectivity index (χ1v) is 11.6. The van der Waals surface area contributed by atoms with E-state index < -0.39 is 0 Å². The fraction of sp³-hybridized carbons (Fsp3) is 0.231. The summed E-state index contributed by atoms with van der Waals surface area (Å²) in [6.45, 7) is 5.70. The molecule has 0 aliphatic carbocycles. The van der Waals surface area contributed by atoms with Crippen LogP contribution in [0.2, 0.25) is 0 Å². The second-order valence-corrected chi connectivity index (χ2v) is 8.89. The number of piperazine rings is 1. The fourth-order valence-electron chi connectivity index (χ4n) is 4.16. The molecule has 0 atom stereocenters. The average molecular weight is 428 g/mol. The van der Waals surface area contributed by atoms with E-state index in [4.69, 9.17) is 0 Å². The van der Waals surface area contributed by atoms with Crippen molar-refractivity contribution in [2.75, 3.05) is 31.1 Å². The standard InChI is InChI=1S/C26H25N3OS/c1-2-19-10-12-20(13-11-19)18-24-25(30)27-26(31-24)29-16-14-28(15-17-29)23-9-5-7-21-6-3-4-8-22(21)23/h3-13,18H,2,14-17H2,1H3/b24-18-. The Bertz CT molecular complexity index is 1170. The van der Waals surface area contributed by atoms with Gasteiger partial charge in [-0.05, 0) is 46.8 Å². The lowest BCUT2D eigenvalue weighted by molar-refractivity contribution is -0.113. The van der Waals surface area contributed by atoms with Crippen LogP contribution in [0.15, 0.2) is 76.6 Å². The molecule has 156 valence electrons. The monoisotopic (exact) mass is 427 g/mol. The maximum Gasteiger partial charge on any atom is 0.286 e. The summed E-state index contributed by atoms with van der Waals surface area (Å²) in [5.41, 5.74) is 3.63. The van der Waals surface area contributed by atoms with Crippen LogP contribution in [0.3, 0.4) is 0 Å². The normalized spacial score (nSPS) is 18.2. The first kappa shape index (κ1) is 19.9. The summed E-state index contributed by atoms with van der Waals surface area (Å²) in [5.74, 6) is -0.129. The van der Waals surface area contributed by atoms with E-state index in [0.29, 0.717) is 4.91 Å². The van der Waals surface area contributed by atoms with Gasteiger partial charge in [0.25, 0.3) is 5.91 Å². The molecule has 2 heterocycles. The summed E-state index contributed by atoms with van der Waals surface area (Å²) < 4.78 is 0. The van der Waals surface area contributed by atoms with Crippen LogP contribution in [-0.2, 0) is 11.2 Å². The van der Waals surface area contributed by atoms with E-state index in [0.717, 1.165) is 43.3 Å². The Morgan fingerprint density at radius 2 is 1.61 bits per heavy atom. The summed E-state index contributed by atoms with van der Waals surface area (Å²) in [5, 5.41) is 3.39. The SMILES string of the molecule is CCc1ccc(/C=C2\SC(N3CCN(c4cccc5ccccc45)CC3)=NC2=O)cc1. The van der Waals surface area contributed by atoms with Gasteiger partial charge in [-0.3, -0.25) is 4.79 Å². The highest BCUT2D eigenvalue weighted by Gasteiger charge is 2.28. The largest absolute Gasteiger partial charge is 0.367 e. The van der Waals surface area contributed by atoms with E-state index in [2.05, 4.69) is 88.4 Å². The Kier molecular flexibility index (Phi) is 5.51. The number of aliphatic imine (C=N–C) groups is 1. The molecule has 2 aliphatic rings. The van der Waals surface area contributed by atoms with Gasteiger partial charge in [0.05, 0.1) is 4.91 Å². The molecule has 0 unspecified atom stereocenters. The van der Waals surface area contributed by atoms with Crippen molar-refractivity contribution in [2.24, 2.45) is 4.99 Å². The highest BCUT2D eigenvalue weighted by Crippen LogP contribution is 2.32. The van der Waals surface area contributed by atoms with E-state index >= 15 is 0 Å². The number of thioether (sulfide) groups is 1. The highest BCUT2D eigenvalue weighted by molar-refractivity contribution is 8.18. The fourth-order valence-corrected chi connectivity index (χ4v) is 5.12. The number of hydrogen-bond acceptors (Lipinski definition) is 4. The Hall–Kier alpha value is -3.05. The summed E-state index contributed by atoms with van der Waals surface area (Å²) in [7, 11) is 0. The first-order chi connectivity index (χ1) is 15.2. The van der Waals surface area contributed by atoms with E-state index in [1.165, 1.54) is 33.8 Å². The number of anilines is 1. The van der Waals surface area contributed by atoms with Crippen LogP contribution in [0.5, 0.6) is 0 Å². The molecule has 1 fully saturated rings. The van der Waals surface area contributed by atoms with Crippen molar-refractivity contribution in [2.45, 2.75) is 13.3 Å². The smallest absolute Gasteiger partial charge is 0.286 e. The minimum absolute atomic E-state index is 0.129. The van der Waals surface area contributed by atoms with E-state index in [1.807, 2.05) is 6.08 Å². The van der Waals surface area contributed by atoms with Crippen molar-refractivity contribution in [1.29, 1.82) is 0 Å².